The van der Waals surface area contributed by atoms with Gasteiger partial charge in [0.25, 0.3) is 0 Å². The number of H-pyrrole nitrogens is 1. The number of fused-ring (bicyclic) bond motifs is 1. The van der Waals surface area contributed by atoms with Crippen molar-refractivity contribution in [1.82, 2.24) is 4.98 Å². The van der Waals surface area contributed by atoms with Gasteiger partial charge in [0.2, 0.25) is 0 Å². The van der Waals surface area contributed by atoms with Crippen LogP contribution in [0.2, 0.25) is 0 Å². The zero-order valence-corrected chi connectivity index (χ0v) is 8.60. The predicted octanol–water partition coefficient (Wildman–Crippen LogP) is 1.29. The lowest BCUT2D eigenvalue weighted by atomic mass is 10.2. The Balaban J connectivity index is 2.55. The van der Waals surface area contributed by atoms with Gasteiger partial charge in [-0.15, -0.1) is 0 Å². The highest BCUT2D eigenvalue weighted by atomic mass is 16.5. The minimum Gasteiger partial charge on any atom is -0.496 e. The molecule has 2 rings (SSSR count). The van der Waals surface area contributed by atoms with Crippen molar-refractivity contribution < 1.29 is 19.7 Å². The summed E-state index contributed by atoms with van der Waals surface area (Å²) in [6.07, 6.45) is -1.54. The number of rotatable bonds is 3. The van der Waals surface area contributed by atoms with Crippen LogP contribution in [0, 0.1) is 0 Å². The molecule has 1 heterocycles. The van der Waals surface area contributed by atoms with E-state index in [9.17, 15) is 9.90 Å². The van der Waals surface area contributed by atoms with Crippen molar-refractivity contribution in [2.24, 2.45) is 0 Å². The van der Waals surface area contributed by atoms with Gasteiger partial charge in [-0.05, 0) is 18.2 Å². The molecular formula is C11H11NO4. The average Bonchev–Trinajstić information content (AvgIpc) is 2.70. The van der Waals surface area contributed by atoms with Crippen molar-refractivity contribution in [3.63, 3.8) is 0 Å². The number of nitrogens with one attached hydrogen (secondary N) is 1. The Hall–Kier alpha value is -2.01. The maximum absolute atomic E-state index is 10.6. The van der Waals surface area contributed by atoms with Crippen LogP contribution in [0.3, 0.4) is 0 Å². The van der Waals surface area contributed by atoms with Crippen LogP contribution in [0.1, 0.15) is 11.8 Å². The topological polar surface area (TPSA) is 82.5 Å². The van der Waals surface area contributed by atoms with Crippen molar-refractivity contribution >= 4 is 16.9 Å². The number of methoxy groups -OCH3 is 1. The number of carbonyl (C=O) groups is 1. The summed E-state index contributed by atoms with van der Waals surface area (Å²) in [7, 11) is 1.54. The molecule has 3 N–H and O–H groups in total. The average molecular weight is 221 g/mol. The van der Waals surface area contributed by atoms with Gasteiger partial charge in [-0.1, -0.05) is 6.07 Å². The number of aliphatic hydroxyl groups is 1. The fraction of sp³-hybridized carbons (Fsp3) is 0.182. The summed E-state index contributed by atoms with van der Waals surface area (Å²) in [6, 6.07) is 6.92. The highest BCUT2D eigenvalue weighted by Gasteiger charge is 2.18. The molecular weight excluding hydrogens is 210 g/mol. The van der Waals surface area contributed by atoms with Crippen LogP contribution in [-0.2, 0) is 4.79 Å². The van der Waals surface area contributed by atoms with Gasteiger partial charge in [0.1, 0.15) is 5.75 Å². The third-order valence-electron chi connectivity index (χ3n) is 2.39. The summed E-state index contributed by atoms with van der Waals surface area (Å²) in [4.78, 5) is 13.5. The molecule has 0 aliphatic heterocycles. The molecule has 1 aromatic carbocycles. The molecule has 5 nitrogen and oxygen atoms in total. The highest BCUT2D eigenvalue weighted by Crippen LogP contribution is 2.28. The number of aliphatic hydroxyl groups excluding tert-OH is 1. The van der Waals surface area contributed by atoms with Crippen molar-refractivity contribution in [1.29, 1.82) is 0 Å². The van der Waals surface area contributed by atoms with Crippen LogP contribution in [0.15, 0.2) is 24.3 Å². The van der Waals surface area contributed by atoms with E-state index in [-0.39, 0.29) is 5.69 Å². The minimum absolute atomic E-state index is 0.243. The van der Waals surface area contributed by atoms with Crippen LogP contribution in [0.4, 0.5) is 0 Å². The first kappa shape index (κ1) is 10.5. The van der Waals surface area contributed by atoms with Crippen LogP contribution in [-0.4, -0.2) is 28.3 Å². The Morgan fingerprint density at radius 1 is 1.50 bits per heavy atom. The third-order valence-corrected chi connectivity index (χ3v) is 2.39. The number of carboxylic acid groups (broad SMARTS) is 1. The van der Waals surface area contributed by atoms with Crippen LogP contribution < -0.4 is 4.74 Å². The number of aromatic nitrogens is 1. The van der Waals surface area contributed by atoms with Crippen molar-refractivity contribution in [3.8, 4) is 5.75 Å². The molecule has 1 atom stereocenters. The molecule has 1 unspecified atom stereocenters. The molecule has 0 amide bonds. The van der Waals surface area contributed by atoms with Crippen LogP contribution in [0.5, 0.6) is 5.75 Å². The standard InChI is InChI=1S/C11H11NO4/c1-16-9-4-2-3-7-6(9)5-8(12-7)10(13)11(14)15/h2-5,10,12-13H,1H3,(H,14,15). The molecule has 0 radical (unpaired) electrons. The van der Waals surface area contributed by atoms with Gasteiger partial charge in [0.05, 0.1) is 12.8 Å². The van der Waals surface area contributed by atoms with E-state index in [0.717, 1.165) is 10.9 Å². The summed E-state index contributed by atoms with van der Waals surface area (Å²) in [5.74, 6) is -0.650. The molecule has 84 valence electrons. The number of ether oxygens (including phenoxy) is 1. The summed E-state index contributed by atoms with van der Waals surface area (Å²) in [6.45, 7) is 0. The van der Waals surface area contributed by atoms with E-state index in [4.69, 9.17) is 9.84 Å². The van der Waals surface area contributed by atoms with E-state index in [2.05, 4.69) is 4.98 Å². The number of aliphatic carboxylic acids is 1. The van der Waals surface area contributed by atoms with E-state index in [1.54, 1.807) is 24.3 Å². The molecule has 5 heteroatoms. The molecule has 0 saturated carbocycles. The van der Waals surface area contributed by atoms with Gasteiger partial charge in [0.15, 0.2) is 6.10 Å². The maximum Gasteiger partial charge on any atom is 0.338 e. The second kappa shape index (κ2) is 3.86. The van der Waals surface area contributed by atoms with E-state index in [1.807, 2.05) is 0 Å². The van der Waals surface area contributed by atoms with Crippen molar-refractivity contribution in [2.45, 2.75) is 6.10 Å². The van der Waals surface area contributed by atoms with Crippen LogP contribution >= 0.6 is 0 Å². The fourth-order valence-electron chi connectivity index (χ4n) is 1.61. The Morgan fingerprint density at radius 2 is 2.25 bits per heavy atom. The van der Waals surface area contributed by atoms with Gasteiger partial charge in [-0.3, -0.25) is 0 Å². The largest absolute Gasteiger partial charge is 0.496 e. The van der Waals surface area contributed by atoms with Crippen molar-refractivity contribution in [2.75, 3.05) is 7.11 Å². The van der Waals surface area contributed by atoms with E-state index < -0.39 is 12.1 Å². The lowest BCUT2D eigenvalue weighted by molar-refractivity contribution is -0.147. The zero-order valence-electron chi connectivity index (χ0n) is 8.60. The molecule has 0 saturated heterocycles. The Bertz CT molecular complexity index is 532. The van der Waals surface area contributed by atoms with E-state index in [1.165, 1.54) is 7.11 Å². The number of aromatic amines is 1. The first-order valence-electron chi connectivity index (χ1n) is 4.70. The number of carboxylic acids is 1. The molecule has 0 fully saturated rings. The first-order valence-corrected chi connectivity index (χ1v) is 4.70. The van der Waals surface area contributed by atoms with Gasteiger partial charge < -0.3 is 19.9 Å². The Morgan fingerprint density at radius 3 is 2.88 bits per heavy atom. The van der Waals surface area contributed by atoms with E-state index in [0.29, 0.717) is 5.75 Å². The monoisotopic (exact) mass is 221 g/mol. The number of benzene rings is 1. The maximum atomic E-state index is 10.6. The summed E-state index contributed by atoms with van der Waals surface area (Å²) >= 11 is 0. The summed E-state index contributed by atoms with van der Waals surface area (Å²) in [5.41, 5.74) is 0.974. The SMILES string of the molecule is COc1cccc2[nH]c(C(O)C(=O)O)cc12. The third kappa shape index (κ3) is 1.61. The van der Waals surface area contributed by atoms with Crippen LogP contribution in [0.25, 0.3) is 10.9 Å². The number of hydrogen-bond acceptors (Lipinski definition) is 3. The molecule has 2 aromatic rings. The lowest BCUT2D eigenvalue weighted by Crippen LogP contribution is -2.10. The number of hydrogen-bond donors (Lipinski definition) is 3. The quantitative estimate of drug-likeness (QED) is 0.729. The smallest absolute Gasteiger partial charge is 0.338 e. The molecule has 1 aromatic heterocycles. The normalized spacial score (nSPS) is 12.6. The second-order valence-corrected chi connectivity index (χ2v) is 3.39. The summed E-state index contributed by atoms with van der Waals surface area (Å²) < 4.78 is 5.13. The fourth-order valence-corrected chi connectivity index (χ4v) is 1.61. The zero-order chi connectivity index (χ0) is 11.7. The van der Waals surface area contributed by atoms with Gasteiger partial charge in [-0.2, -0.15) is 0 Å². The van der Waals surface area contributed by atoms with E-state index >= 15 is 0 Å². The summed E-state index contributed by atoms with van der Waals surface area (Å²) in [5, 5.41) is 18.8. The van der Waals surface area contributed by atoms with Gasteiger partial charge >= 0.3 is 5.97 Å². The molecule has 0 aliphatic carbocycles. The minimum atomic E-state index is -1.54. The molecule has 0 spiro atoms. The Labute approximate surface area is 91.3 Å². The Kier molecular flexibility index (Phi) is 2.54. The molecule has 16 heavy (non-hydrogen) atoms. The molecule has 0 aliphatic rings. The predicted molar refractivity (Wildman–Crippen MR) is 57.4 cm³/mol. The first-order chi connectivity index (χ1) is 7.63. The molecule has 0 bridgehead atoms. The second-order valence-electron chi connectivity index (χ2n) is 3.39. The van der Waals surface area contributed by atoms with Gasteiger partial charge in [0, 0.05) is 10.9 Å². The lowest BCUT2D eigenvalue weighted by Gasteiger charge is -2.00. The van der Waals surface area contributed by atoms with Crippen molar-refractivity contribution in [3.05, 3.63) is 30.0 Å². The highest BCUT2D eigenvalue weighted by molar-refractivity contribution is 5.88. The van der Waals surface area contributed by atoms with Gasteiger partial charge in [-0.25, -0.2) is 4.79 Å².